The summed E-state index contributed by atoms with van der Waals surface area (Å²) in [5.74, 6) is 0.255. The fourth-order valence-corrected chi connectivity index (χ4v) is 2.66. The third kappa shape index (κ3) is 2.68. The summed E-state index contributed by atoms with van der Waals surface area (Å²) in [6, 6.07) is 6.82. The second-order valence-corrected chi connectivity index (χ2v) is 6.50. The summed E-state index contributed by atoms with van der Waals surface area (Å²) in [6.45, 7) is 6.16. The molecule has 0 aliphatic carbocycles. The number of nitrogens with zero attached hydrogens (tertiary/aromatic N) is 1. The largest absolute Gasteiger partial charge is 0.329 e. The Bertz CT molecular complexity index is 513. The maximum Gasteiger partial charge on any atom is 0.329 e. The van der Waals surface area contributed by atoms with Crippen LogP contribution in [0.3, 0.4) is 0 Å². The minimum atomic E-state index is -0.442. The van der Waals surface area contributed by atoms with E-state index in [0.29, 0.717) is 11.6 Å². The van der Waals surface area contributed by atoms with Crippen LogP contribution in [0.1, 0.15) is 32.3 Å². The van der Waals surface area contributed by atoms with Gasteiger partial charge in [0, 0.05) is 5.25 Å². The van der Waals surface area contributed by atoms with Crippen molar-refractivity contribution in [3.63, 3.8) is 0 Å². The molecule has 2 rings (SSSR count). The molecule has 1 aliphatic heterocycles. The Morgan fingerprint density at radius 2 is 1.75 bits per heavy atom. The smallest absolute Gasteiger partial charge is 0.324 e. The quantitative estimate of drug-likeness (QED) is 0.868. The van der Waals surface area contributed by atoms with E-state index in [1.807, 2.05) is 37.4 Å². The molecule has 0 saturated carbocycles. The van der Waals surface area contributed by atoms with Crippen LogP contribution in [0.4, 0.5) is 10.5 Å². The van der Waals surface area contributed by atoms with Crippen LogP contribution < -0.4 is 10.2 Å². The summed E-state index contributed by atoms with van der Waals surface area (Å²) in [6.07, 6.45) is 1.93. The van der Waals surface area contributed by atoms with Crippen molar-refractivity contribution in [3.05, 3.63) is 29.8 Å². The van der Waals surface area contributed by atoms with E-state index in [1.54, 1.807) is 11.8 Å². The van der Waals surface area contributed by atoms with E-state index in [-0.39, 0.29) is 17.2 Å². The van der Waals surface area contributed by atoms with E-state index >= 15 is 0 Å². The second kappa shape index (κ2) is 5.87. The summed E-state index contributed by atoms with van der Waals surface area (Å²) < 4.78 is 0. The van der Waals surface area contributed by atoms with E-state index in [9.17, 15) is 9.59 Å². The standard InChI is InChI=1S/C15H20N2O2S/c1-9(2)11-5-7-12(8-6-11)17-14(18)13(10(3)20-4)16-15(17)19/h5-10,13H,1-4H3,(H,16,19). The van der Waals surface area contributed by atoms with E-state index in [1.165, 1.54) is 10.5 Å². The number of anilines is 1. The molecule has 0 radical (unpaired) electrons. The second-order valence-electron chi connectivity index (χ2n) is 5.29. The van der Waals surface area contributed by atoms with Crippen LogP contribution in [0.25, 0.3) is 0 Å². The molecule has 0 spiro atoms. The van der Waals surface area contributed by atoms with Gasteiger partial charge in [0.05, 0.1) is 5.69 Å². The highest BCUT2D eigenvalue weighted by molar-refractivity contribution is 7.99. The topological polar surface area (TPSA) is 49.4 Å². The lowest BCUT2D eigenvalue weighted by Crippen LogP contribution is -2.37. The van der Waals surface area contributed by atoms with E-state index in [2.05, 4.69) is 19.2 Å². The first-order chi connectivity index (χ1) is 9.45. The molecule has 1 saturated heterocycles. The zero-order chi connectivity index (χ0) is 14.9. The Kier molecular flexibility index (Phi) is 4.38. The summed E-state index contributed by atoms with van der Waals surface area (Å²) >= 11 is 1.57. The van der Waals surface area contributed by atoms with Gasteiger partial charge in [-0.1, -0.05) is 32.9 Å². The van der Waals surface area contributed by atoms with Gasteiger partial charge in [0.2, 0.25) is 0 Å². The monoisotopic (exact) mass is 292 g/mol. The first-order valence-electron chi connectivity index (χ1n) is 6.73. The van der Waals surface area contributed by atoms with Crippen molar-refractivity contribution < 1.29 is 9.59 Å². The zero-order valence-electron chi connectivity index (χ0n) is 12.2. The van der Waals surface area contributed by atoms with Crippen LogP contribution in [-0.4, -0.2) is 29.5 Å². The number of urea groups is 1. The lowest BCUT2D eigenvalue weighted by molar-refractivity contribution is -0.118. The fourth-order valence-electron chi connectivity index (χ4n) is 2.21. The number of amides is 3. The van der Waals surface area contributed by atoms with E-state index in [0.717, 1.165) is 0 Å². The first-order valence-corrected chi connectivity index (χ1v) is 8.01. The van der Waals surface area contributed by atoms with Crippen molar-refractivity contribution in [2.45, 2.75) is 38.0 Å². The van der Waals surface area contributed by atoms with Gasteiger partial charge in [-0.3, -0.25) is 4.79 Å². The molecule has 5 heteroatoms. The van der Waals surface area contributed by atoms with Crippen molar-refractivity contribution >= 4 is 29.4 Å². The van der Waals surface area contributed by atoms with Crippen molar-refractivity contribution in [2.24, 2.45) is 0 Å². The molecule has 0 bridgehead atoms. The molecule has 108 valence electrons. The Morgan fingerprint density at radius 3 is 2.25 bits per heavy atom. The summed E-state index contributed by atoms with van der Waals surface area (Å²) in [5, 5.41) is 2.82. The molecule has 1 aromatic carbocycles. The van der Waals surface area contributed by atoms with Gasteiger partial charge < -0.3 is 5.32 Å². The predicted molar refractivity (Wildman–Crippen MR) is 83.3 cm³/mol. The third-order valence-corrected chi connectivity index (χ3v) is 4.64. The molecule has 1 aromatic rings. The number of hydrogen-bond donors (Lipinski definition) is 1. The summed E-state index contributed by atoms with van der Waals surface area (Å²) in [5.41, 5.74) is 1.82. The van der Waals surface area contributed by atoms with E-state index in [4.69, 9.17) is 0 Å². The van der Waals surface area contributed by atoms with Gasteiger partial charge in [-0.05, 0) is 29.9 Å². The number of nitrogens with one attached hydrogen (secondary N) is 1. The van der Waals surface area contributed by atoms with Gasteiger partial charge in [-0.2, -0.15) is 11.8 Å². The molecular formula is C15H20N2O2S. The lowest BCUT2D eigenvalue weighted by atomic mass is 10.0. The summed E-state index contributed by atoms with van der Waals surface area (Å²) in [4.78, 5) is 25.6. The van der Waals surface area contributed by atoms with Gasteiger partial charge in [0.25, 0.3) is 5.91 Å². The maximum atomic E-state index is 12.4. The number of thioether (sulfide) groups is 1. The minimum absolute atomic E-state index is 0.0615. The molecule has 1 fully saturated rings. The molecule has 4 nitrogen and oxygen atoms in total. The minimum Gasteiger partial charge on any atom is -0.324 e. The van der Waals surface area contributed by atoms with Crippen LogP contribution in [0.2, 0.25) is 0 Å². The van der Waals surface area contributed by atoms with Crippen LogP contribution in [0.15, 0.2) is 24.3 Å². The molecule has 1 aliphatic rings. The van der Waals surface area contributed by atoms with Gasteiger partial charge in [-0.25, -0.2) is 9.69 Å². The maximum absolute atomic E-state index is 12.4. The SMILES string of the molecule is CSC(C)C1NC(=O)N(c2ccc(C(C)C)cc2)C1=O. The van der Waals surface area contributed by atoms with Gasteiger partial charge in [0.15, 0.2) is 0 Å². The normalized spacial score (nSPS) is 20.4. The van der Waals surface area contributed by atoms with Crippen molar-refractivity contribution in [2.75, 3.05) is 11.2 Å². The van der Waals surface area contributed by atoms with Crippen LogP contribution >= 0.6 is 11.8 Å². The van der Waals surface area contributed by atoms with Crippen LogP contribution in [-0.2, 0) is 4.79 Å². The lowest BCUT2D eigenvalue weighted by Gasteiger charge is -2.16. The van der Waals surface area contributed by atoms with Crippen LogP contribution in [0.5, 0.6) is 0 Å². The number of rotatable bonds is 4. The summed E-state index contributed by atoms with van der Waals surface area (Å²) in [7, 11) is 0. The number of benzene rings is 1. The average molecular weight is 292 g/mol. The van der Waals surface area contributed by atoms with Crippen molar-refractivity contribution in [1.82, 2.24) is 5.32 Å². The Morgan fingerprint density at radius 1 is 1.15 bits per heavy atom. The van der Waals surface area contributed by atoms with E-state index < -0.39 is 6.04 Å². The number of hydrogen-bond acceptors (Lipinski definition) is 3. The average Bonchev–Trinajstić information content (AvgIpc) is 2.73. The molecule has 3 amide bonds. The Balaban J connectivity index is 2.24. The number of imide groups is 1. The van der Waals surface area contributed by atoms with Crippen LogP contribution in [0, 0.1) is 0 Å². The van der Waals surface area contributed by atoms with Gasteiger partial charge >= 0.3 is 6.03 Å². The molecule has 2 unspecified atom stereocenters. The first kappa shape index (κ1) is 14.9. The molecule has 2 atom stereocenters. The molecule has 1 heterocycles. The number of carbonyl (C=O) groups excluding carboxylic acids is 2. The molecule has 1 N–H and O–H groups in total. The molecular weight excluding hydrogens is 272 g/mol. The van der Waals surface area contributed by atoms with Gasteiger partial charge in [-0.15, -0.1) is 0 Å². The molecule has 0 aromatic heterocycles. The highest BCUT2D eigenvalue weighted by Crippen LogP contribution is 2.25. The highest BCUT2D eigenvalue weighted by atomic mass is 32.2. The Hall–Kier alpha value is -1.49. The number of carbonyl (C=O) groups is 2. The third-order valence-electron chi connectivity index (χ3n) is 3.63. The zero-order valence-corrected chi connectivity index (χ0v) is 13.0. The predicted octanol–water partition coefficient (Wildman–Crippen LogP) is 2.99. The van der Waals surface area contributed by atoms with Gasteiger partial charge in [0.1, 0.15) is 6.04 Å². The molecule has 20 heavy (non-hydrogen) atoms. The van der Waals surface area contributed by atoms with Crippen molar-refractivity contribution in [1.29, 1.82) is 0 Å². The van der Waals surface area contributed by atoms with Crippen molar-refractivity contribution in [3.8, 4) is 0 Å². The highest BCUT2D eigenvalue weighted by Gasteiger charge is 2.41. The fraction of sp³-hybridized carbons (Fsp3) is 0.467. The Labute approximate surface area is 123 Å².